The van der Waals surface area contributed by atoms with E-state index in [9.17, 15) is 0 Å². The molecule has 1 aromatic rings. The van der Waals surface area contributed by atoms with Crippen molar-refractivity contribution in [3.63, 3.8) is 0 Å². The summed E-state index contributed by atoms with van der Waals surface area (Å²) in [5.41, 5.74) is 2.99. The van der Waals surface area contributed by atoms with Crippen molar-refractivity contribution in [2.24, 2.45) is 0 Å². The average molecular weight is 249 g/mol. The number of hydrogen-bond donors (Lipinski definition) is 1. The minimum Gasteiger partial charge on any atom is -0.501 e. The Morgan fingerprint density at radius 2 is 2.24 bits per heavy atom. The van der Waals surface area contributed by atoms with E-state index in [1.54, 1.807) is 10.4 Å². The Morgan fingerprint density at radius 3 is 2.94 bits per heavy atom. The molecule has 0 fully saturated rings. The fourth-order valence-corrected chi connectivity index (χ4v) is 4.21. The van der Waals surface area contributed by atoms with Gasteiger partial charge in [0.2, 0.25) is 0 Å². The summed E-state index contributed by atoms with van der Waals surface area (Å²) in [4.78, 5) is 3.08. The molecule has 17 heavy (non-hydrogen) atoms. The van der Waals surface area contributed by atoms with Crippen LogP contribution in [-0.2, 0) is 17.6 Å². The first-order valence-electron chi connectivity index (χ1n) is 6.48. The van der Waals surface area contributed by atoms with Gasteiger partial charge in [-0.3, -0.25) is 0 Å². The van der Waals surface area contributed by atoms with E-state index in [0.717, 1.165) is 19.4 Å². The second-order valence-electron chi connectivity index (χ2n) is 4.84. The van der Waals surface area contributed by atoms with Crippen LogP contribution in [0.2, 0.25) is 0 Å². The van der Waals surface area contributed by atoms with Gasteiger partial charge in [-0.05, 0) is 56.4 Å². The minimum absolute atomic E-state index is 0.367. The Balaban J connectivity index is 1.86. The highest BCUT2D eigenvalue weighted by Crippen LogP contribution is 2.37. The highest BCUT2D eigenvalue weighted by atomic mass is 32.1. The van der Waals surface area contributed by atoms with E-state index >= 15 is 0 Å². The van der Waals surface area contributed by atoms with Gasteiger partial charge in [-0.1, -0.05) is 0 Å². The molecule has 3 heteroatoms. The van der Waals surface area contributed by atoms with Gasteiger partial charge in [-0.2, -0.15) is 0 Å². The summed E-state index contributed by atoms with van der Waals surface area (Å²) in [7, 11) is 2.05. The number of nitrogens with one attached hydrogen (secondary N) is 1. The number of aryl methyl sites for hydroxylation is 2. The molecule has 2 nitrogen and oxygen atoms in total. The molecule has 0 saturated heterocycles. The Labute approximate surface area is 107 Å². The third kappa shape index (κ3) is 2.14. The van der Waals surface area contributed by atoms with Crippen LogP contribution in [0.1, 0.15) is 40.6 Å². The molecule has 1 aromatic heterocycles. The van der Waals surface area contributed by atoms with Crippen LogP contribution in [0.15, 0.2) is 17.9 Å². The highest BCUT2D eigenvalue weighted by Gasteiger charge is 2.22. The summed E-state index contributed by atoms with van der Waals surface area (Å²) in [6, 6.07) is 2.77. The number of thiophene rings is 1. The summed E-state index contributed by atoms with van der Waals surface area (Å²) in [5, 5.41) is 3.44. The maximum atomic E-state index is 5.47. The van der Waals surface area contributed by atoms with Gasteiger partial charge in [0, 0.05) is 9.75 Å². The Hall–Kier alpha value is -0.800. The lowest BCUT2D eigenvalue weighted by Gasteiger charge is -2.22. The Kier molecular flexibility index (Phi) is 3.21. The van der Waals surface area contributed by atoms with Gasteiger partial charge in [0.1, 0.15) is 0 Å². The number of ether oxygens (including phenoxy) is 1. The lowest BCUT2D eigenvalue weighted by Crippen LogP contribution is -2.19. The fourth-order valence-electron chi connectivity index (χ4n) is 2.80. The van der Waals surface area contributed by atoms with E-state index in [1.807, 2.05) is 24.6 Å². The molecule has 0 amide bonds. The lowest BCUT2D eigenvalue weighted by atomic mass is 10.0. The highest BCUT2D eigenvalue weighted by molar-refractivity contribution is 7.12. The van der Waals surface area contributed by atoms with Crippen LogP contribution in [0.5, 0.6) is 0 Å². The predicted molar refractivity (Wildman–Crippen MR) is 71.4 cm³/mol. The topological polar surface area (TPSA) is 21.3 Å². The van der Waals surface area contributed by atoms with Crippen molar-refractivity contribution in [2.45, 2.75) is 38.1 Å². The van der Waals surface area contributed by atoms with Gasteiger partial charge >= 0.3 is 0 Å². The largest absolute Gasteiger partial charge is 0.501 e. The molecule has 1 N–H and O–H groups in total. The minimum atomic E-state index is 0.367. The standard InChI is InChI=1S/C14H19NOS/c1-15-14(11-5-3-7-16-9-11)13-8-10-4-2-6-12(10)17-13/h8-9,14-15H,2-7H2,1H3. The molecular formula is C14H19NOS. The third-order valence-electron chi connectivity index (χ3n) is 3.67. The van der Waals surface area contributed by atoms with Crippen LogP contribution < -0.4 is 5.32 Å². The second kappa shape index (κ2) is 4.83. The summed E-state index contributed by atoms with van der Waals surface area (Å²) < 4.78 is 5.47. The summed E-state index contributed by atoms with van der Waals surface area (Å²) in [5.74, 6) is 0. The molecule has 0 saturated carbocycles. The molecular weight excluding hydrogens is 230 g/mol. The first-order chi connectivity index (χ1) is 8.38. The fraction of sp³-hybridized carbons (Fsp3) is 0.571. The molecule has 92 valence electrons. The Morgan fingerprint density at radius 1 is 1.29 bits per heavy atom. The summed E-state index contributed by atoms with van der Waals surface area (Å²) in [6.45, 7) is 0.876. The smallest absolute Gasteiger partial charge is 0.0876 e. The summed E-state index contributed by atoms with van der Waals surface area (Å²) in [6.07, 6.45) is 8.18. The van der Waals surface area contributed by atoms with Gasteiger partial charge < -0.3 is 10.1 Å². The van der Waals surface area contributed by atoms with Crippen molar-refractivity contribution < 1.29 is 4.74 Å². The maximum Gasteiger partial charge on any atom is 0.0876 e. The van der Waals surface area contributed by atoms with E-state index < -0.39 is 0 Å². The average Bonchev–Trinajstić information content (AvgIpc) is 2.92. The SMILES string of the molecule is CNC(C1=COCCC1)c1cc2c(s1)CCC2. The van der Waals surface area contributed by atoms with E-state index in [1.165, 1.54) is 29.7 Å². The van der Waals surface area contributed by atoms with E-state index in [0.29, 0.717) is 6.04 Å². The molecule has 0 bridgehead atoms. The second-order valence-corrected chi connectivity index (χ2v) is 6.01. The zero-order chi connectivity index (χ0) is 11.7. The third-order valence-corrected chi connectivity index (χ3v) is 4.97. The van der Waals surface area contributed by atoms with Crippen molar-refractivity contribution in [2.75, 3.05) is 13.7 Å². The molecule has 3 rings (SSSR count). The van der Waals surface area contributed by atoms with E-state index in [2.05, 4.69) is 11.4 Å². The quantitative estimate of drug-likeness (QED) is 0.888. The van der Waals surface area contributed by atoms with Gasteiger partial charge in [0.25, 0.3) is 0 Å². The zero-order valence-electron chi connectivity index (χ0n) is 10.3. The molecule has 1 unspecified atom stereocenters. The first-order valence-corrected chi connectivity index (χ1v) is 7.29. The van der Waals surface area contributed by atoms with Crippen molar-refractivity contribution in [1.82, 2.24) is 5.32 Å². The monoisotopic (exact) mass is 249 g/mol. The number of fused-ring (bicyclic) bond motifs is 1. The van der Waals surface area contributed by atoms with E-state index in [4.69, 9.17) is 4.74 Å². The van der Waals surface area contributed by atoms with Crippen molar-refractivity contribution in [1.29, 1.82) is 0 Å². The van der Waals surface area contributed by atoms with Gasteiger partial charge in [0.05, 0.1) is 18.9 Å². The number of likely N-dealkylation sites (N-methyl/N-ethyl adjacent to an activating group) is 1. The molecule has 2 aliphatic rings. The van der Waals surface area contributed by atoms with Crippen molar-refractivity contribution >= 4 is 11.3 Å². The number of hydrogen-bond acceptors (Lipinski definition) is 3. The van der Waals surface area contributed by atoms with Crippen LogP contribution in [0.3, 0.4) is 0 Å². The molecule has 1 aliphatic carbocycles. The first kappa shape index (κ1) is 11.3. The van der Waals surface area contributed by atoms with Gasteiger partial charge in [-0.15, -0.1) is 11.3 Å². The Bertz CT molecular complexity index is 414. The van der Waals surface area contributed by atoms with Crippen LogP contribution in [-0.4, -0.2) is 13.7 Å². The molecule has 2 heterocycles. The maximum absolute atomic E-state index is 5.47. The lowest BCUT2D eigenvalue weighted by molar-refractivity contribution is 0.220. The molecule has 1 aliphatic heterocycles. The molecule has 0 spiro atoms. The van der Waals surface area contributed by atoms with Crippen LogP contribution in [0, 0.1) is 0 Å². The molecule has 0 radical (unpaired) electrons. The van der Waals surface area contributed by atoms with E-state index in [-0.39, 0.29) is 0 Å². The number of rotatable bonds is 3. The normalized spacial score (nSPS) is 20.6. The van der Waals surface area contributed by atoms with Crippen molar-refractivity contribution in [3.05, 3.63) is 33.2 Å². The summed E-state index contributed by atoms with van der Waals surface area (Å²) >= 11 is 1.99. The molecule has 1 atom stereocenters. The van der Waals surface area contributed by atoms with Crippen molar-refractivity contribution in [3.8, 4) is 0 Å². The zero-order valence-corrected chi connectivity index (χ0v) is 11.1. The van der Waals surface area contributed by atoms with Crippen LogP contribution in [0.4, 0.5) is 0 Å². The van der Waals surface area contributed by atoms with Crippen LogP contribution in [0.25, 0.3) is 0 Å². The molecule has 0 aromatic carbocycles. The predicted octanol–water partition coefficient (Wildman–Crippen LogP) is 3.19. The van der Waals surface area contributed by atoms with Gasteiger partial charge in [0.15, 0.2) is 0 Å². The van der Waals surface area contributed by atoms with Crippen LogP contribution >= 0.6 is 11.3 Å². The van der Waals surface area contributed by atoms with Gasteiger partial charge in [-0.25, -0.2) is 0 Å².